The molecule has 30 heavy (non-hydrogen) atoms. The summed E-state index contributed by atoms with van der Waals surface area (Å²) in [6.45, 7) is 0.960. The Balaban J connectivity index is 0.00000106. The molecule has 0 bridgehead atoms. The Kier molecular flexibility index (Phi) is 5.28. The lowest BCUT2D eigenvalue weighted by Gasteiger charge is -2.16. The van der Waals surface area contributed by atoms with Crippen molar-refractivity contribution < 1.29 is 9.84 Å². The van der Waals surface area contributed by atoms with Gasteiger partial charge in [-0.3, -0.25) is 0 Å². The van der Waals surface area contributed by atoms with Crippen LogP contribution in [0.3, 0.4) is 0 Å². The summed E-state index contributed by atoms with van der Waals surface area (Å²) in [6.07, 6.45) is 9.87. The summed E-state index contributed by atoms with van der Waals surface area (Å²) >= 11 is 0. The van der Waals surface area contributed by atoms with E-state index < -0.39 is 0 Å². The third kappa shape index (κ3) is 3.79. The standard InChI is InChI=1S/C20H18N6O2.CH5N/c1-28-18-9-15(22-12-23-18)13-8-16(27)19(21-10-13)14-2-3-17(25-24-14)26-7-6-20(11-26)4-5-20;1-2/h2-3,6-10,12,27H,4-5,11H2,1H3;2H2,1H3. The highest BCUT2D eigenvalue weighted by Gasteiger charge is 2.44. The number of aromatic hydroxyl groups is 1. The number of nitrogens with zero attached hydrogens (tertiary/aromatic N) is 6. The molecule has 3 N–H and O–H groups in total. The number of aromatic nitrogens is 5. The van der Waals surface area contributed by atoms with E-state index >= 15 is 0 Å². The van der Waals surface area contributed by atoms with E-state index in [0.29, 0.717) is 33.9 Å². The molecule has 0 aromatic carbocycles. The molecule has 1 aliphatic carbocycles. The lowest BCUT2D eigenvalue weighted by molar-refractivity contribution is 0.397. The van der Waals surface area contributed by atoms with Gasteiger partial charge >= 0.3 is 0 Å². The third-order valence-electron chi connectivity index (χ3n) is 5.19. The first-order valence-electron chi connectivity index (χ1n) is 9.59. The molecule has 1 spiro atoms. The largest absolute Gasteiger partial charge is 0.506 e. The van der Waals surface area contributed by atoms with Gasteiger partial charge in [0.05, 0.1) is 12.8 Å². The second-order valence-corrected chi connectivity index (χ2v) is 7.12. The van der Waals surface area contributed by atoms with E-state index in [9.17, 15) is 5.11 Å². The maximum atomic E-state index is 10.5. The van der Waals surface area contributed by atoms with Crippen LogP contribution < -0.4 is 15.4 Å². The summed E-state index contributed by atoms with van der Waals surface area (Å²) in [6, 6.07) is 7.00. The molecule has 0 unspecified atom stereocenters. The molecule has 1 saturated carbocycles. The van der Waals surface area contributed by atoms with Crippen LogP contribution in [0.2, 0.25) is 0 Å². The minimum absolute atomic E-state index is 0.00938. The van der Waals surface area contributed by atoms with Crippen LogP contribution >= 0.6 is 0 Å². The Labute approximate surface area is 174 Å². The number of nitrogens with two attached hydrogens (primary N) is 1. The molecule has 1 aliphatic heterocycles. The second-order valence-electron chi connectivity index (χ2n) is 7.12. The van der Waals surface area contributed by atoms with Crippen LogP contribution in [0.5, 0.6) is 11.6 Å². The van der Waals surface area contributed by atoms with Crippen LogP contribution in [0.15, 0.2) is 49.1 Å². The molecule has 3 aromatic heterocycles. The predicted octanol–water partition coefficient (Wildman–Crippen LogP) is 2.40. The van der Waals surface area contributed by atoms with Gasteiger partial charge in [-0.2, -0.15) is 0 Å². The number of rotatable bonds is 4. The normalized spacial score (nSPS) is 15.6. The first-order chi connectivity index (χ1) is 14.7. The van der Waals surface area contributed by atoms with Gasteiger partial charge in [-0.05, 0) is 38.1 Å². The van der Waals surface area contributed by atoms with Crippen LogP contribution in [0, 0.1) is 5.41 Å². The molecule has 5 rings (SSSR count). The van der Waals surface area contributed by atoms with E-state index in [1.54, 1.807) is 18.3 Å². The van der Waals surface area contributed by atoms with Crippen LogP contribution in [-0.4, -0.2) is 51.0 Å². The van der Waals surface area contributed by atoms with Crippen molar-refractivity contribution in [3.8, 4) is 34.3 Å². The van der Waals surface area contributed by atoms with Crippen LogP contribution in [-0.2, 0) is 0 Å². The van der Waals surface area contributed by atoms with E-state index in [0.717, 1.165) is 12.4 Å². The molecule has 154 valence electrons. The minimum Gasteiger partial charge on any atom is -0.506 e. The molecule has 0 saturated heterocycles. The van der Waals surface area contributed by atoms with E-state index in [1.807, 2.05) is 12.1 Å². The van der Waals surface area contributed by atoms with Gasteiger partial charge in [0, 0.05) is 36.0 Å². The molecular weight excluding hydrogens is 382 g/mol. The Morgan fingerprint density at radius 2 is 1.90 bits per heavy atom. The number of hydrogen-bond donors (Lipinski definition) is 2. The molecule has 4 heterocycles. The monoisotopic (exact) mass is 405 g/mol. The number of methoxy groups -OCH3 is 1. The zero-order chi connectivity index (χ0) is 21.1. The van der Waals surface area contributed by atoms with Gasteiger partial charge in [0.15, 0.2) is 5.82 Å². The highest BCUT2D eigenvalue weighted by Crippen LogP contribution is 2.51. The van der Waals surface area contributed by atoms with Gasteiger partial charge in [0.1, 0.15) is 23.5 Å². The Bertz CT molecular complexity index is 1070. The Morgan fingerprint density at radius 3 is 2.53 bits per heavy atom. The predicted molar refractivity (Wildman–Crippen MR) is 113 cm³/mol. The van der Waals surface area contributed by atoms with Gasteiger partial charge in [0.2, 0.25) is 5.88 Å². The first-order valence-corrected chi connectivity index (χ1v) is 9.59. The van der Waals surface area contributed by atoms with E-state index in [1.165, 1.54) is 33.3 Å². The maximum absolute atomic E-state index is 10.5. The molecule has 9 nitrogen and oxygen atoms in total. The van der Waals surface area contributed by atoms with Crippen LogP contribution in [0.4, 0.5) is 5.82 Å². The highest BCUT2D eigenvalue weighted by molar-refractivity contribution is 5.69. The van der Waals surface area contributed by atoms with Gasteiger partial charge in [-0.1, -0.05) is 6.08 Å². The van der Waals surface area contributed by atoms with E-state index in [4.69, 9.17) is 4.74 Å². The zero-order valence-electron chi connectivity index (χ0n) is 16.9. The topological polar surface area (TPSA) is 123 Å². The van der Waals surface area contributed by atoms with Crippen molar-refractivity contribution >= 4 is 5.82 Å². The summed E-state index contributed by atoms with van der Waals surface area (Å²) in [5, 5.41) is 19.0. The van der Waals surface area contributed by atoms with E-state index in [2.05, 4.69) is 48.1 Å². The first kappa shape index (κ1) is 19.7. The van der Waals surface area contributed by atoms with Gasteiger partial charge in [0.25, 0.3) is 0 Å². The summed E-state index contributed by atoms with van der Waals surface area (Å²) in [7, 11) is 3.04. The van der Waals surface area contributed by atoms with Crippen molar-refractivity contribution in [2.24, 2.45) is 11.1 Å². The lowest BCUT2D eigenvalue weighted by atomic mass is 10.1. The number of hydrogen-bond acceptors (Lipinski definition) is 9. The van der Waals surface area contributed by atoms with Crippen molar-refractivity contribution in [3.63, 3.8) is 0 Å². The molecule has 3 aromatic rings. The summed E-state index contributed by atoms with van der Waals surface area (Å²) in [5.41, 5.74) is 7.01. The SMILES string of the molecule is CN.COc1cc(-c2cnc(-c3ccc(N4C=CC5(CC5)C4)nn3)c(O)c2)ncn1. The highest BCUT2D eigenvalue weighted by atomic mass is 16.5. The van der Waals surface area contributed by atoms with Crippen molar-refractivity contribution in [2.45, 2.75) is 12.8 Å². The van der Waals surface area contributed by atoms with Crippen molar-refractivity contribution in [1.29, 1.82) is 0 Å². The average Bonchev–Trinajstić information content (AvgIpc) is 3.43. The fourth-order valence-corrected chi connectivity index (χ4v) is 3.34. The minimum atomic E-state index is 0.00938. The molecule has 0 radical (unpaired) electrons. The number of pyridine rings is 1. The summed E-state index contributed by atoms with van der Waals surface area (Å²) in [5.74, 6) is 1.25. The smallest absolute Gasteiger partial charge is 0.216 e. The Hall–Kier alpha value is -3.59. The summed E-state index contributed by atoms with van der Waals surface area (Å²) < 4.78 is 5.11. The van der Waals surface area contributed by atoms with Crippen molar-refractivity contribution in [3.05, 3.63) is 49.1 Å². The van der Waals surface area contributed by atoms with Crippen molar-refractivity contribution in [1.82, 2.24) is 25.1 Å². The number of anilines is 1. The molecule has 1 fully saturated rings. The van der Waals surface area contributed by atoms with Crippen molar-refractivity contribution in [2.75, 3.05) is 25.6 Å². The van der Waals surface area contributed by atoms with Crippen LogP contribution in [0.25, 0.3) is 22.6 Å². The van der Waals surface area contributed by atoms with Crippen LogP contribution in [0.1, 0.15) is 12.8 Å². The quantitative estimate of drug-likeness (QED) is 0.673. The molecule has 0 amide bonds. The summed E-state index contributed by atoms with van der Waals surface area (Å²) in [4.78, 5) is 14.6. The molecule has 0 atom stereocenters. The average molecular weight is 405 g/mol. The third-order valence-corrected chi connectivity index (χ3v) is 5.19. The second kappa shape index (κ2) is 8.03. The van der Waals surface area contributed by atoms with Gasteiger partial charge in [-0.25, -0.2) is 15.0 Å². The zero-order valence-corrected chi connectivity index (χ0v) is 16.9. The maximum Gasteiger partial charge on any atom is 0.216 e. The van der Waals surface area contributed by atoms with Gasteiger partial charge in [-0.15, -0.1) is 10.2 Å². The number of ether oxygens (including phenoxy) is 1. The Morgan fingerprint density at radius 1 is 1.07 bits per heavy atom. The molecule has 2 aliphatic rings. The fraction of sp³-hybridized carbons (Fsp3) is 0.286. The molecular formula is C21H23N7O2. The lowest BCUT2D eigenvalue weighted by Crippen LogP contribution is -2.19. The van der Waals surface area contributed by atoms with Gasteiger partial charge < -0.3 is 20.5 Å². The molecule has 9 heteroatoms. The van der Waals surface area contributed by atoms with E-state index in [-0.39, 0.29) is 5.75 Å². The fourth-order valence-electron chi connectivity index (χ4n) is 3.34.